The first-order valence-corrected chi connectivity index (χ1v) is 7.33. The molecule has 110 valence electrons. The van der Waals surface area contributed by atoms with Crippen molar-refractivity contribution in [3.05, 3.63) is 56.7 Å². The van der Waals surface area contributed by atoms with Gasteiger partial charge in [-0.25, -0.2) is 0 Å². The molecule has 0 aliphatic heterocycles. The Kier molecular flexibility index (Phi) is 4.84. The van der Waals surface area contributed by atoms with Gasteiger partial charge in [-0.3, -0.25) is 4.79 Å². The molecular formula is C14H8BrF3O2S. The molecule has 1 aromatic carbocycles. The lowest BCUT2D eigenvalue weighted by atomic mass is 10.1. The summed E-state index contributed by atoms with van der Waals surface area (Å²) in [5.74, 6) is -0.650. The van der Waals surface area contributed by atoms with Gasteiger partial charge >= 0.3 is 6.36 Å². The minimum absolute atomic E-state index is 0.288. The lowest BCUT2D eigenvalue weighted by molar-refractivity contribution is -0.274. The number of ketones is 1. The van der Waals surface area contributed by atoms with Gasteiger partial charge in [0.05, 0.1) is 0 Å². The first-order chi connectivity index (χ1) is 9.83. The molecule has 2 nitrogen and oxygen atoms in total. The molecule has 21 heavy (non-hydrogen) atoms. The summed E-state index contributed by atoms with van der Waals surface area (Å²) < 4.78 is 40.7. The molecule has 0 bridgehead atoms. The van der Waals surface area contributed by atoms with Crippen molar-refractivity contribution in [2.45, 2.75) is 6.36 Å². The molecule has 0 atom stereocenters. The van der Waals surface area contributed by atoms with Crippen LogP contribution in [0.15, 0.2) is 46.3 Å². The molecule has 0 unspecified atom stereocenters. The zero-order valence-electron chi connectivity index (χ0n) is 10.4. The molecule has 0 saturated heterocycles. The maximum Gasteiger partial charge on any atom is 0.573 e. The van der Waals surface area contributed by atoms with Crippen molar-refractivity contribution < 1.29 is 22.7 Å². The minimum Gasteiger partial charge on any atom is -0.406 e. The van der Waals surface area contributed by atoms with E-state index in [1.807, 2.05) is 11.4 Å². The first kappa shape index (κ1) is 15.8. The highest BCUT2D eigenvalue weighted by Gasteiger charge is 2.30. The fourth-order valence-electron chi connectivity index (χ4n) is 1.49. The van der Waals surface area contributed by atoms with E-state index in [1.54, 1.807) is 6.08 Å². The Bertz CT molecular complexity index is 660. The smallest absolute Gasteiger partial charge is 0.406 e. The molecule has 1 aromatic heterocycles. The van der Waals surface area contributed by atoms with E-state index in [2.05, 4.69) is 20.7 Å². The standard InChI is InChI=1S/C14H8BrF3O2S/c15-10-7-12(21-8-10)5-6-13(19)9-1-3-11(4-2-9)20-14(16,17)18/h1-8H/b6-5+. The van der Waals surface area contributed by atoms with Crippen LogP contribution in [0, 0.1) is 0 Å². The summed E-state index contributed by atoms with van der Waals surface area (Å²) in [6.07, 6.45) is -1.71. The lowest BCUT2D eigenvalue weighted by Crippen LogP contribution is -2.17. The monoisotopic (exact) mass is 376 g/mol. The number of thiophene rings is 1. The predicted molar refractivity (Wildman–Crippen MR) is 78.5 cm³/mol. The molecule has 0 amide bonds. The van der Waals surface area contributed by atoms with Crippen molar-refractivity contribution in [2.75, 3.05) is 0 Å². The van der Waals surface area contributed by atoms with Crippen LogP contribution in [0.3, 0.4) is 0 Å². The summed E-state index contributed by atoms with van der Waals surface area (Å²) in [7, 11) is 0. The molecule has 2 rings (SSSR count). The van der Waals surface area contributed by atoms with E-state index in [0.29, 0.717) is 0 Å². The number of rotatable bonds is 4. The average Bonchev–Trinajstić information content (AvgIpc) is 2.81. The van der Waals surface area contributed by atoms with Crippen molar-refractivity contribution in [1.29, 1.82) is 0 Å². The number of ether oxygens (including phenoxy) is 1. The molecular weight excluding hydrogens is 369 g/mol. The molecule has 1 heterocycles. The van der Waals surface area contributed by atoms with Crippen LogP contribution in [-0.2, 0) is 0 Å². The van der Waals surface area contributed by atoms with Crippen molar-refractivity contribution in [3.63, 3.8) is 0 Å². The van der Waals surface area contributed by atoms with Crippen LogP contribution in [0.2, 0.25) is 0 Å². The zero-order chi connectivity index (χ0) is 15.5. The Morgan fingerprint density at radius 2 is 1.90 bits per heavy atom. The third-order valence-corrected chi connectivity index (χ3v) is 4.02. The van der Waals surface area contributed by atoms with Crippen LogP contribution in [0.1, 0.15) is 15.2 Å². The van der Waals surface area contributed by atoms with Gasteiger partial charge in [0, 0.05) is 20.3 Å². The van der Waals surface area contributed by atoms with E-state index in [1.165, 1.54) is 29.5 Å². The van der Waals surface area contributed by atoms with Crippen LogP contribution in [0.5, 0.6) is 5.75 Å². The second kappa shape index (κ2) is 6.44. The number of hydrogen-bond donors (Lipinski definition) is 0. The van der Waals surface area contributed by atoms with Crippen molar-refractivity contribution in [3.8, 4) is 5.75 Å². The van der Waals surface area contributed by atoms with Crippen molar-refractivity contribution in [1.82, 2.24) is 0 Å². The molecule has 0 saturated carbocycles. The first-order valence-electron chi connectivity index (χ1n) is 5.66. The average molecular weight is 377 g/mol. The fraction of sp³-hybridized carbons (Fsp3) is 0.0714. The number of alkyl halides is 3. The summed E-state index contributed by atoms with van der Waals surface area (Å²) in [5.41, 5.74) is 0.288. The van der Waals surface area contributed by atoms with E-state index in [0.717, 1.165) is 21.5 Å². The minimum atomic E-state index is -4.74. The summed E-state index contributed by atoms with van der Waals surface area (Å²) in [4.78, 5) is 12.8. The fourth-order valence-corrected chi connectivity index (χ4v) is 2.83. The highest BCUT2D eigenvalue weighted by atomic mass is 79.9. The Morgan fingerprint density at radius 3 is 2.43 bits per heavy atom. The molecule has 0 N–H and O–H groups in total. The maximum atomic E-state index is 12.0. The predicted octanol–water partition coefficient (Wildman–Crippen LogP) is 5.31. The van der Waals surface area contributed by atoms with Crippen molar-refractivity contribution in [2.24, 2.45) is 0 Å². The Morgan fingerprint density at radius 1 is 1.24 bits per heavy atom. The summed E-state index contributed by atoms with van der Waals surface area (Å²) in [6.45, 7) is 0. The highest BCUT2D eigenvalue weighted by molar-refractivity contribution is 9.10. The van der Waals surface area contributed by atoms with E-state index < -0.39 is 6.36 Å². The van der Waals surface area contributed by atoms with Crippen LogP contribution in [0.25, 0.3) is 6.08 Å². The molecule has 0 fully saturated rings. The van der Waals surface area contributed by atoms with Gasteiger partial charge in [0.1, 0.15) is 5.75 Å². The Balaban J connectivity index is 2.04. The molecule has 0 aliphatic carbocycles. The highest BCUT2D eigenvalue weighted by Crippen LogP contribution is 2.23. The summed E-state index contributed by atoms with van der Waals surface area (Å²) >= 11 is 4.77. The van der Waals surface area contributed by atoms with Crippen LogP contribution >= 0.6 is 27.3 Å². The normalized spacial score (nSPS) is 11.8. The second-order valence-corrected chi connectivity index (χ2v) is 5.80. The summed E-state index contributed by atoms with van der Waals surface area (Å²) in [6, 6.07) is 6.65. The topological polar surface area (TPSA) is 26.3 Å². The van der Waals surface area contributed by atoms with E-state index in [-0.39, 0.29) is 17.1 Å². The molecule has 7 heteroatoms. The number of carbonyl (C=O) groups excluding carboxylic acids is 1. The van der Waals surface area contributed by atoms with Gasteiger partial charge in [-0.1, -0.05) is 0 Å². The number of halogens is 4. The van der Waals surface area contributed by atoms with E-state index in [9.17, 15) is 18.0 Å². The van der Waals surface area contributed by atoms with Gasteiger partial charge in [0.2, 0.25) is 0 Å². The van der Waals surface area contributed by atoms with Gasteiger partial charge in [-0.2, -0.15) is 0 Å². The molecule has 2 aromatic rings. The third kappa shape index (κ3) is 5.02. The second-order valence-electron chi connectivity index (χ2n) is 3.94. The van der Waals surface area contributed by atoms with Crippen LogP contribution in [-0.4, -0.2) is 12.1 Å². The van der Waals surface area contributed by atoms with Gasteiger partial charge in [0.15, 0.2) is 5.78 Å². The number of carbonyl (C=O) groups is 1. The van der Waals surface area contributed by atoms with Crippen LogP contribution in [0.4, 0.5) is 13.2 Å². The van der Waals surface area contributed by atoms with Gasteiger partial charge in [-0.05, 0) is 58.4 Å². The molecule has 0 spiro atoms. The van der Waals surface area contributed by atoms with Crippen LogP contribution < -0.4 is 4.74 Å². The quantitative estimate of drug-likeness (QED) is 0.534. The van der Waals surface area contributed by atoms with Gasteiger partial charge in [0.25, 0.3) is 0 Å². The Hall–Kier alpha value is -1.60. The van der Waals surface area contributed by atoms with Gasteiger partial charge < -0.3 is 4.74 Å². The van der Waals surface area contributed by atoms with E-state index in [4.69, 9.17) is 0 Å². The summed E-state index contributed by atoms with van der Waals surface area (Å²) in [5, 5.41) is 1.88. The van der Waals surface area contributed by atoms with Gasteiger partial charge in [-0.15, -0.1) is 24.5 Å². The maximum absolute atomic E-state index is 12.0. The Labute approximate surface area is 131 Å². The SMILES string of the molecule is O=C(/C=C/c1cc(Br)cs1)c1ccc(OC(F)(F)F)cc1. The number of benzene rings is 1. The number of allylic oxidation sites excluding steroid dienone is 1. The number of hydrogen-bond acceptors (Lipinski definition) is 3. The lowest BCUT2D eigenvalue weighted by Gasteiger charge is -2.08. The largest absolute Gasteiger partial charge is 0.573 e. The van der Waals surface area contributed by atoms with Crippen molar-refractivity contribution >= 4 is 39.1 Å². The third-order valence-electron chi connectivity index (χ3n) is 2.36. The zero-order valence-corrected chi connectivity index (χ0v) is 12.8. The molecule has 0 radical (unpaired) electrons. The molecule has 0 aliphatic rings. The van der Waals surface area contributed by atoms with E-state index >= 15 is 0 Å².